The van der Waals surface area contributed by atoms with E-state index in [4.69, 9.17) is 5.11 Å². The molecule has 0 aliphatic carbocycles. The SMILES string of the molecule is O=C(O)[C@@H]1CCCN1C(=O)Cc1ccc(N2CCCC2)cc1. The molecule has 2 saturated heterocycles. The quantitative estimate of drug-likeness (QED) is 0.923. The number of carboxylic acid groups (broad SMARTS) is 1. The van der Waals surface area contributed by atoms with Crippen LogP contribution in [0.25, 0.3) is 0 Å². The van der Waals surface area contributed by atoms with Gasteiger partial charge in [-0.15, -0.1) is 0 Å². The number of anilines is 1. The summed E-state index contributed by atoms with van der Waals surface area (Å²) in [6.07, 6.45) is 4.10. The first-order valence-corrected chi connectivity index (χ1v) is 8.01. The number of hydrogen-bond acceptors (Lipinski definition) is 3. The molecule has 0 unspecified atom stereocenters. The van der Waals surface area contributed by atoms with Gasteiger partial charge in [0.2, 0.25) is 5.91 Å². The summed E-state index contributed by atoms with van der Waals surface area (Å²) in [5, 5.41) is 9.16. The number of nitrogens with zero attached hydrogens (tertiary/aromatic N) is 2. The molecule has 0 radical (unpaired) electrons. The van der Waals surface area contributed by atoms with E-state index < -0.39 is 12.0 Å². The third-order valence-electron chi connectivity index (χ3n) is 4.62. The van der Waals surface area contributed by atoms with Gasteiger partial charge < -0.3 is 14.9 Å². The first-order valence-electron chi connectivity index (χ1n) is 8.01. The minimum absolute atomic E-state index is 0.0844. The van der Waals surface area contributed by atoms with E-state index in [1.807, 2.05) is 12.1 Å². The van der Waals surface area contributed by atoms with E-state index in [0.717, 1.165) is 25.1 Å². The molecule has 2 aliphatic rings. The summed E-state index contributed by atoms with van der Waals surface area (Å²) in [6.45, 7) is 2.76. The lowest BCUT2D eigenvalue weighted by Crippen LogP contribution is -2.41. The zero-order valence-electron chi connectivity index (χ0n) is 12.7. The number of benzene rings is 1. The van der Waals surface area contributed by atoms with Gasteiger partial charge >= 0.3 is 5.97 Å². The number of carbonyl (C=O) groups is 2. The van der Waals surface area contributed by atoms with E-state index in [2.05, 4.69) is 17.0 Å². The minimum Gasteiger partial charge on any atom is -0.480 e. The van der Waals surface area contributed by atoms with Gasteiger partial charge in [-0.1, -0.05) is 12.1 Å². The third kappa shape index (κ3) is 3.08. The highest BCUT2D eigenvalue weighted by molar-refractivity contribution is 5.85. The molecular weight excluding hydrogens is 280 g/mol. The Bertz CT molecular complexity index is 550. The maximum Gasteiger partial charge on any atom is 0.326 e. The largest absolute Gasteiger partial charge is 0.480 e. The molecule has 22 heavy (non-hydrogen) atoms. The van der Waals surface area contributed by atoms with Crippen LogP contribution in [0.4, 0.5) is 5.69 Å². The molecule has 2 fully saturated rings. The highest BCUT2D eigenvalue weighted by atomic mass is 16.4. The molecule has 3 rings (SSSR count). The van der Waals surface area contributed by atoms with E-state index in [1.165, 1.54) is 23.4 Å². The van der Waals surface area contributed by atoms with Gasteiger partial charge in [0.1, 0.15) is 6.04 Å². The number of carboxylic acids is 1. The smallest absolute Gasteiger partial charge is 0.326 e. The molecule has 5 nitrogen and oxygen atoms in total. The number of carbonyl (C=O) groups excluding carboxylic acids is 1. The Balaban J connectivity index is 1.62. The highest BCUT2D eigenvalue weighted by Crippen LogP contribution is 2.22. The molecule has 1 N–H and O–H groups in total. The number of hydrogen-bond donors (Lipinski definition) is 1. The molecule has 1 amide bonds. The highest BCUT2D eigenvalue weighted by Gasteiger charge is 2.33. The van der Waals surface area contributed by atoms with Crippen molar-refractivity contribution in [3.63, 3.8) is 0 Å². The second-order valence-electron chi connectivity index (χ2n) is 6.12. The number of rotatable bonds is 4. The number of amides is 1. The summed E-state index contributed by atoms with van der Waals surface area (Å²) in [7, 11) is 0. The molecule has 2 heterocycles. The molecule has 118 valence electrons. The Kier molecular flexibility index (Phi) is 4.32. The van der Waals surface area contributed by atoms with Gasteiger partial charge in [0.25, 0.3) is 0 Å². The molecule has 5 heteroatoms. The van der Waals surface area contributed by atoms with Crippen molar-refractivity contribution < 1.29 is 14.7 Å². The topological polar surface area (TPSA) is 60.9 Å². The van der Waals surface area contributed by atoms with Gasteiger partial charge in [-0.3, -0.25) is 4.79 Å². The maximum absolute atomic E-state index is 12.3. The third-order valence-corrected chi connectivity index (χ3v) is 4.62. The van der Waals surface area contributed by atoms with E-state index in [9.17, 15) is 9.59 Å². The van der Waals surface area contributed by atoms with Crippen molar-refractivity contribution in [3.05, 3.63) is 29.8 Å². The van der Waals surface area contributed by atoms with E-state index in [1.54, 1.807) is 0 Å². The van der Waals surface area contributed by atoms with Crippen LogP contribution in [0.15, 0.2) is 24.3 Å². The summed E-state index contributed by atoms with van der Waals surface area (Å²) in [6, 6.07) is 7.45. The van der Waals surface area contributed by atoms with Crippen LogP contribution >= 0.6 is 0 Å². The molecule has 1 atom stereocenters. The Labute approximate surface area is 130 Å². The van der Waals surface area contributed by atoms with Crippen LogP contribution in [0.1, 0.15) is 31.2 Å². The van der Waals surface area contributed by atoms with Crippen LogP contribution in [0, 0.1) is 0 Å². The average molecular weight is 302 g/mol. The van der Waals surface area contributed by atoms with Gasteiger partial charge in [-0.05, 0) is 43.4 Å². The van der Waals surface area contributed by atoms with Crippen LogP contribution in [-0.4, -0.2) is 47.6 Å². The lowest BCUT2D eigenvalue weighted by atomic mass is 10.1. The van der Waals surface area contributed by atoms with E-state index in [0.29, 0.717) is 13.0 Å². The Hall–Kier alpha value is -2.04. The fraction of sp³-hybridized carbons (Fsp3) is 0.529. The lowest BCUT2D eigenvalue weighted by molar-refractivity contribution is -0.148. The van der Waals surface area contributed by atoms with Gasteiger partial charge in [-0.2, -0.15) is 0 Å². The van der Waals surface area contributed by atoms with Gasteiger partial charge in [0.15, 0.2) is 0 Å². The first-order chi connectivity index (χ1) is 10.6. The van der Waals surface area contributed by atoms with Crippen molar-refractivity contribution in [2.45, 2.75) is 38.1 Å². The normalized spacial score (nSPS) is 21.4. The molecule has 0 spiro atoms. The lowest BCUT2D eigenvalue weighted by Gasteiger charge is -2.22. The number of likely N-dealkylation sites (tertiary alicyclic amines) is 1. The summed E-state index contributed by atoms with van der Waals surface area (Å²) < 4.78 is 0. The summed E-state index contributed by atoms with van der Waals surface area (Å²) >= 11 is 0. The van der Waals surface area contributed by atoms with Crippen molar-refractivity contribution in [3.8, 4) is 0 Å². The fourth-order valence-electron chi connectivity index (χ4n) is 3.40. The summed E-state index contributed by atoms with van der Waals surface area (Å²) in [5.74, 6) is -0.978. The second-order valence-corrected chi connectivity index (χ2v) is 6.12. The van der Waals surface area contributed by atoms with Crippen LogP contribution < -0.4 is 4.90 Å². The van der Waals surface area contributed by atoms with Crippen molar-refractivity contribution >= 4 is 17.6 Å². The van der Waals surface area contributed by atoms with Gasteiger partial charge in [-0.25, -0.2) is 4.79 Å². The predicted molar refractivity (Wildman–Crippen MR) is 84.0 cm³/mol. The maximum atomic E-state index is 12.3. The molecule has 0 aromatic heterocycles. The zero-order chi connectivity index (χ0) is 15.5. The van der Waals surface area contributed by atoms with E-state index in [-0.39, 0.29) is 12.3 Å². The first kappa shape index (κ1) is 14.9. The van der Waals surface area contributed by atoms with Gasteiger partial charge in [0, 0.05) is 25.3 Å². The van der Waals surface area contributed by atoms with Gasteiger partial charge in [0.05, 0.1) is 6.42 Å². The van der Waals surface area contributed by atoms with Crippen LogP contribution in [0.5, 0.6) is 0 Å². The predicted octanol–water partition coefficient (Wildman–Crippen LogP) is 1.90. The minimum atomic E-state index is -0.893. The summed E-state index contributed by atoms with van der Waals surface area (Å²) in [4.78, 5) is 27.3. The second kappa shape index (κ2) is 6.38. The van der Waals surface area contributed by atoms with Crippen LogP contribution in [0.3, 0.4) is 0 Å². The Morgan fingerprint density at radius 2 is 1.73 bits per heavy atom. The summed E-state index contributed by atoms with van der Waals surface area (Å²) in [5.41, 5.74) is 2.15. The molecule has 1 aromatic carbocycles. The van der Waals surface area contributed by atoms with Crippen LogP contribution in [0.2, 0.25) is 0 Å². The molecule has 0 bridgehead atoms. The van der Waals surface area contributed by atoms with Crippen molar-refractivity contribution in [1.82, 2.24) is 4.90 Å². The van der Waals surface area contributed by atoms with Crippen molar-refractivity contribution in [2.24, 2.45) is 0 Å². The molecule has 0 saturated carbocycles. The standard InChI is InChI=1S/C17H22N2O3/c20-16(19-11-3-4-15(19)17(21)22)12-13-5-7-14(8-6-13)18-9-1-2-10-18/h5-8,15H,1-4,9-12H2,(H,21,22)/t15-/m0/s1. The number of aliphatic carboxylic acids is 1. The van der Waals surface area contributed by atoms with E-state index >= 15 is 0 Å². The average Bonchev–Trinajstić information content (AvgIpc) is 3.19. The van der Waals surface area contributed by atoms with Crippen LogP contribution in [-0.2, 0) is 16.0 Å². The Morgan fingerprint density at radius 1 is 1.05 bits per heavy atom. The Morgan fingerprint density at radius 3 is 2.36 bits per heavy atom. The molecule has 1 aromatic rings. The molecular formula is C17H22N2O3. The van der Waals surface area contributed by atoms with Crippen molar-refractivity contribution in [2.75, 3.05) is 24.5 Å². The van der Waals surface area contributed by atoms with Crippen molar-refractivity contribution in [1.29, 1.82) is 0 Å². The fourth-order valence-corrected chi connectivity index (χ4v) is 3.40. The monoisotopic (exact) mass is 302 g/mol. The zero-order valence-corrected chi connectivity index (χ0v) is 12.7. The molecule has 2 aliphatic heterocycles.